The minimum absolute atomic E-state index is 0.0107. The van der Waals surface area contributed by atoms with Crippen LogP contribution in [0.5, 0.6) is 5.75 Å². The van der Waals surface area contributed by atoms with Gasteiger partial charge in [0.15, 0.2) is 0 Å². The lowest BCUT2D eigenvalue weighted by atomic mass is 10.3. The first-order chi connectivity index (χ1) is 8.58. The van der Waals surface area contributed by atoms with Crippen molar-refractivity contribution < 1.29 is 9.53 Å². The van der Waals surface area contributed by atoms with Gasteiger partial charge in [0.05, 0.1) is 6.54 Å². The molecule has 1 aromatic carbocycles. The van der Waals surface area contributed by atoms with Crippen molar-refractivity contribution >= 4 is 5.91 Å². The summed E-state index contributed by atoms with van der Waals surface area (Å²) in [6, 6.07) is 9.95. The molecular formula is C14H22N2O2. The van der Waals surface area contributed by atoms with E-state index in [9.17, 15) is 4.79 Å². The number of nitrogens with one attached hydrogen (secondary N) is 2. The standard InChI is InChI=1S/C14H22N2O2/c1-11(2)16-14(17)9-15-12(3)10-18-13-7-5-4-6-8-13/h4-8,11-12,15H,9-10H2,1-3H3,(H,16,17)/t12-/m0/s1. The minimum atomic E-state index is 0.0107. The maximum Gasteiger partial charge on any atom is 0.234 e. The number of rotatable bonds is 7. The Balaban J connectivity index is 2.18. The minimum Gasteiger partial charge on any atom is -0.492 e. The first-order valence-electron chi connectivity index (χ1n) is 6.28. The number of carbonyl (C=O) groups is 1. The third-order valence-electron chi connectivity index (χ3n) is 2.30. The molecule has 100 valence electrons. The predicted octanol–water partition coefficient (Wildman–Crippen LogP) is 1.57. The summed E-state index contributed by atoms with van der Waals surface area (Å²) in [6.45, 7) is 6.74. The molecule has 0 saturated carbocycles. The van der Waals surface area contributed by atoms with E-state index in [0.29, 0.717) is 13.2 Å². The first-order valence-corrected chi connectivity index (χ1v) is 6.28. The van der Waals surface area contributed by atoms with Crippen LogP contribution >= 0.6 is 0 Å². The van der Waals surface area contributed by atoms with Crippen molar-refractivity contribution in [2.24, 2.45) is 0 Å². The molecule has 0 spiro atoms. The Kier molecular flexibility index (Phi) is 6.22. The molecule has 0 aliphatic carbocycles. The average molecular weight is 250 g/mol. The highest BCUT2D eigenvalue weighted by Gasteiger charge is 2.06. The molecule has 0 saturated heterocycles. The van der Waals surface area contributed by atoms with E-state index < -0.39 is 0 Å². The molecule has 2 N–H and O–H groups in total. The number of hydrogen-bond donors (Lipinski definition) is 2. The van der Waals surface area contributed by atoms with Gasteiger partial charge in [-0.1, -0.05) is 18.2 Å². The second kappa shape index (κ2) is 7.71. The van der Waals surface area contributed by atoms with Crippen molar-refractivity contribution in [3.05, 3.63) is 30.3 Å². The molecule has 0 aliphatic heterocycles. The van der Waals surface area contributed by atoms with Crippen molar-refractivity contribution in [1.82, 2.24) is 10.6 Å². The number of hydrogen-bond acceptors (Lipinski definition) is 3. The van der Waals surface area contributed by atoms with Gasteiger partial charge in [-0.25, -0.2) is 0 Å². The summed E-state index contributed by atoms with van der Waals surface area (Å²) in [7, 11) is 0. The van der Waals surface area contributed by atoms with Crippen LogP contribution in [0.4, 0.5) is 0 Å². The van der Waals surface area contributed by atoms with E-state index in [-0.39, 0.29) is 18.0 Å². The van der Waals surface area contributed by atoms with Gasteiger partial charge in [-0.2, -0.15) is 0 Å². The third kappa shape index (κ3) is 6.25. The van der Waals surface area contributed by atoms with Gasteiger partial charge in [-0.15, -0.1) is 0 Å². The summed E-state index contributed by atoms with van der Waals surface area (Å²) in [5.41, 5.74) is 0. The molecule has 0 bridgehead atoms. The molecule has 18 heavy (non-hydrogen) atoms. The van der Waals surface area contributed by atoms with Crippen molar-refractivity contribution in [2.45, 2.75) is 32.9 Å². The van der Waals surface area contributed by atoms with Gasteiger partial charge in [0.2, 0.25) is 5.91 Å². The van der Waals surface area contributed by atoms with Gasteiger partial charge >= 0.3 is 0 Å². The molecular weight excluding hydrogens is 228 g/mol. The van der Waals surface area contributed by atoms with Gasteiger partial charge in [0, 0.05) is 12.1 Å². The molecule has 1 atom stereocenters. The van der Waals surface area contributed by atoms with Crippen LogP contribution in [0.2, 0.25) is 0 Å². The van der Waals surface area contributed by atoms with Crippen LogP contribution in [0.25, 0.3) is 0 Å². The molecule has 0 unspecified atom stereocenters. The fraction of sp³-hybridized carbons (Fsp3) is 0.500. The molecule has 1 rings (SSSR count). The Morgan fingerprint density at radius 1 is 1.22 bits per heavy atom. The van der Waals surface area contributed by atoms with Crippen molar-refractivity contribution in [3.63, 3.8) is 0 Å². The lowest BCUT2D eigenvalue weighted by Gasteiger charge is -2.15. The van der Waals surface area contributed by atoms with E-state index in [1.807, 2.05) is 51.1 Å². The average Bonchev–Trinajstić information content (AvgIpc) is 2.34. The zero-order valence-electron chi connectivity index (χ0n) is 11.3. The zero-order valence-corrected chi connectivity index (χ0v) is 11.3. The quantitative estimate of drug-likeness (QED) is 0.772. The molecule has 0 heterocycles. The highest BCUT2D eigenvalue weighted by molar-refractivity contribution is 5.78. The van der Waals surface area contributed by atoms with Crippen LogP contribution in [0.1, 0.15) is 20.8 Å². The van der Waals surface area contributed by atoms with Gasteiger partial charge < -0.3 is 15.4 Å². The van der Waals surface area contributed by atoms with Crippen molar-refractivity contribution in [2.75, 3.05) is 13.2 Å². The predicted molar refractivity (Wildman–Crippen MR) is 72.7 cm³/mol. The molecule has 0 aliphatic rings. The monoisotopic (exact) mass is 250 g/mol. The van der Waals surface area contributed by atoms with Crippen LogP contribution in [0, 0.1) is 0 Å². The Hall–Kier alpha value is -1.55. The number of benzene rings is 1. The van der Waals surface area contributed by atoms with Crippen molar-refractivity contribution in [3.8, 4) is 5.75 Å². The van der Waals surface area contributed by atoms with Crippen LogP contribution in [-0.4, -0.2) is 31.1 Å². The van der Waals surface area contributed by atoms with E-state index in [1.165, 1.54) is 0 Å². The van der Waals surface area contributed by atoms with E-state index >= 15 is 0 Å². The maximum atomic E-state index is 11.4. The Morgan fingerprint density at radius 3 is 2.50 bits per heavy atom. The van der Waals surface area contributed by atoms with Gasteiger partial charge in [0.1, 0.15) is 12.4 Å². The highest BCUT2D eigenvalue weighted by atomic mass is 16.5. The lowest BCUT2D eigenvalue weighted by molar-refractivity contribution is -0.120. The second-order valence-corrected chi connectivity index (χ2v) is 4.63. The molecule has 0 aromatic heterocycles. The largest absolute Gasteiger partial charge is 0.492 e. The second-order valence-electron chi connectivity index (χ2n) is 4.63. The first kappa shape index (κ1) is 14.5. The van der Waals surface area contributed by atoms with Crippen LogP contribution < -0.4 is 15.4 Å². The van der Waals surface area contributed by atoms with E-state index in [0.717, 1.165) is 5.75 Å². The molecule has 0 radical (unpaired) electrons. The molecule has 1 amide bonds. The fourth-order valence-corrected chi connectivity index (χ4v) is 1.44. The normalized spacial score (nSPS) is 12.2. The third-order valence-corrected chi connectivity index (χ3v) is 2.30. The van der Waals surface area contributed by atoms with Gasteiger partial charge in [0.25, 0.3) is 0 Å². The summed E-state index contributed by atoms with van der Waals surface area (Å²) in [6.07, 6.45) is 0. The smallest absolute Gasteiger partial charge is 0.234 e. The number of para-hydroxylation sites is 1. The summed E-state index contributed by atoms with van der Waals surface area (Å²) >= 11 is 0. The molecule has 4 heteroatoms. The number of carbonyl (C=O) groups excluding carboxylic acids is 1. The topological polar surface area (TPSA) is 50.4 Å². The SMILES string of the molecule is CC(C)NC(=O)CN[C@@H](C)COc1ccccc1. The Bertz CT molecular complexity index is 352. The summed E-state index contributed by atoms with van der Waals surface area (Å²) in [5, 5.41) is 5.95. The summed E-state index contributed by atoms with van der Waals surface area (Å²) < 4.78 is 5.59. The van der Waals surface area contributed by atoms with Gasteiger partial charge in [-0.3, -0.25) is 4.79 Å². The molecule has 1 aromatic rings. The summed E-state index contributed by atoms with van der Waals surface area (Å²) in [4.78, 5) is 11.4. The fourth-order valence-electron chi connectivity index (χ4n) is 1.44. The summed E-state index contributed by atoms with van der Waals surface area (Å²) in [5.74, 6) is 0.856. The Morgan fingerprint density at radius 2 is 1.89 bits per heavy atom. The van der Waals surface area contributed by atoms with E-state index in [2.05, 4.69) is 10.6 Å². The highest BCUT2D eigenvalue weighted by Crippen LogP contribution is 2.08. The van der Waals surface area contributed by atoms with Crippen LogP contribution in [0.15, 0.2) is 30.3 Å². The van der Waals surface area contributed by atoms with Crippen LogP contribution in [-0.2, 0) is 4.79 Å². The maximum absolute atomic E-state index is 11.4. The van der Waals surface area contributed by atoms with E-state index in [4.69, 9.17) is 4.74 Å². The number of ether oxygens (including phenoxy) is 1. The van der Waals surface area contributed by atoms with E-state index in [1.54, 1.807) is 0 Å². The molecule has 0 fully saturated rings. The zero-order chi connectivity index (χ0) is 13.4. The van der Waals surface area contributed by atoms with Crippen molar-refractivity contribution in [1.29, 1.82) is 0 Å². The lowest BCUT2D eigenvalue weighted by Crippen LogP contribution is -2.42. The molecule has 4 nitrogen and oxygen atoms in total. The Labute approximate surface area is 109 Å². The van der Waals surface area contributed by atoms with Crippen LogP contribution in [0.3, 0.4) is 0 Å². The number of amides is 1. The van der Waals surface area contributed by atoms with Gasteiger partial charge in [-0.05, 0) is 32.9 Å².